The fourth-order valence-corrected chi connectivity index (χ4v) is 1.41. The van der Waals surface area contributed by atoms with Crippen molar-refractivity contribution in [3.63, 3.8) is 0 Å². The highest BCUT2D eigenvalue weighted by atomic mass is 35.5. The largest absolute Gasteiger partial charge is 0.460 e. The molecular weight excluding hydrogens is 256 g/mol. The van der Waals surface area contributed by atoms with Crippen LogP contribution in [0.2, 0.25) is 5.15 Å². The van der Waals surface area contributed by atoms with Gasteiger partial charge in [-0.3, -0.25) is 0 Å². The predicted molar refractivity (Wildman–Crippen MR) is 69.7 cm³/mol. The maximum absolute atomic E-state index is 11.6. The minimum absolute atomic E-state index is 0.0844. The van der Waals surface area contributed by atoms with Gasteiger partial charge in [0.1, 0.15) is 11.8 Å². The molecule has 2 N–H and O–H groups in total. The van der Waals surface area contributed by atoms with Crippen LogP contribution < -0.4 is 5.73 Å². The molecule has 1 rings (SSSR count). The van der Waals surface area contributed by atoms with E-state index >= 15 is 0 Å². The number of halogens is 1. The van der Waals surface area contributed by atoms with Gasteiger partial charge in [0.15, 0.2) is 0 Å². The van der Waals surface area contributed by atoms with Crippen LogP contribution in [0.15, 0.2) is 12.3 Å². The zero-order valence-corrected chi connectivity index (χ0v) is 11.1. The number of ether oxygens (including phenoxy) is 2. The zero-order valence-electron chi connectivity index (χ0n) is 10.3. The number of carbonyl (C=O) groups excluding carboxylic acids is 1. The van der Waals surface area contributed by atoms with Gasteiger partial charge in [-0.25, -0.2) is 9.78 Å². The number of esters is 1. The van der Waals surface area contributed by atoms with E-state index in [1.54, 1.807) is 0 Å². The molecule has 6 heteroatoms. The lowest BCUT2D eigenvalue weighted by atomic mass is 10.3. The number of pyridine rings is 1. The SMILES string of the molecule is CCCCOCCOC(=O)c1cc(N)cnc1Cl. The normalized spacial score (nSPS) is 10.3. The van der Waals surface area contributed by atoms with E-state index in [0.717, 1.165) is 12.8 Å². The molecule has 0 spiro atoms. The summed E-state index contributed by atoms with van der Waals surface area (Å²) < 4.78 is 10.3. The molecule has 18 heavy (non-hydrogen) atoms. The van der Waals surface area contributed by atoms with Crippen LogP contribution in [0.1, 0.15) is 30.1 Å². The fraction of sp³-hybridized carbons (Fsp3) is 0.500. The summed E-state index contributed by atoms with van der Waals surface area (Å²) in [5.74, 6) is -0.543. The zero-order chi connectivity index (χ0) is 13.4. The molecule has 0 bridgehead atoms. The van der Waals surface area contributed by atoms with E-state index in [1.807, 2.05) is 0 Å². The lowest BCUT2D eigenvalue weighted by Gasteiger charge is -2.07. The first kappa shape index (κ1) is 14.7. The van der Waals surface area contributed by atoms with Gasteiger partial charge in [-0.05, 0) is 12.5 Å². The van der Waals surface area contributed by atoms with Gasteiger partial charge in [-0.2, -0.15) is 0 Å². The molecule has 0 amide bonds. The summed E-state index contributed by atoms with van der Waals surface area (Å²) >= 11 is 5.77. The lowest BCUT2D eigenvalue weighted by Crippen LogP contribution is -2.12. The van der Waals surface area contributed by atoms with Crippen LogP contribution in [-0.4, -0.2) is 30.8 Å². The van der Waals surface area contributed by atoms with Gasteiger partial charge < -0.3 is 15.2 Å². The van der Waals surface area contributed by atoms with Crippen LogP contribution in [0.5, 0.6) is 0 Å². The third-order valence-corrected chi connectivity index (χ3v) is 2.48. The third-order valence-electron chi connectivity index (χ3n) is 2.18. The molecule has 0 aliphatic heterocycles. The quantitative estimate of drug-likeness (QED) is 0.468. The number of carbonyl (C=O) groups is 1. The minimum Gasteiger partial charge on any atom is -0.460 e. The Bertz CT molecular complexity index is 399. The van der Waals surface area contributed by atoms with Crippen molar-refractivity contribution in [2.75, 3.05) is 25.6 Å². The standard InChI is InChI=1S/C12H17ClN2O3/c1-2-3-4-17-5-6-18-12(16)10-7-9(14)8-15-11(10)13/h7-8H,2-6,14H2,1H3. The molecule has 1 aromatic rings. The Morgan fingerprint density at radius 1 is 1.44 bits per heavy atom. The third kappa shape index (κ3) is 4.89. The number of nitrogens with two attached hydrogens (primary N) is 1. The summed E-state index contributed by atoms with van der Waals surface area (Å²) in [5.41, 5.74) is 6.06. The molecule has 100 valence electrons. The highest BCUT2D eigenvalue weighted by molar-refractivity contribution is 6.32. The highest BCUT2D eigenvalue weighted by Gasteiger charge is 2.13. The van der Waals surface area contributed by atoms with Gasteiger partial charge in [-0.15, -0.1) is 0 Å². The number of anilines is 1. The van der Waals surface area contributed by atoms with Crippen LogP contribution in [0.3, 0.4) is 0 Å². The Balaban J connectivity index is 2.34. The molecular formula is C12H17ClN2O3. The molecule has 0 aliphatic carbocycles. The van der Waals surface area contributed by atoms with E-state index in [9.17, 15) is 4.79 Å². The molecule has 0 aromatic carbocycles. The Kier molecular flexibility index (Phi) is 6.46. The number of aromatic nitrogens is 1. The van der Waals surface area contributed by atoms with E-state index in [2.05, 4.69) is 11.9 Å². The summed E-state index contributed by atoms with van der Waals surface area (Å²) in [6.45, 7) is 3.32. The molecule has 0 saturated carbocycles. The average molecular weight is 273 g/mol. The first-order valence-corrected chi connectivity index (χ1v) is 6.18. The van der Waals surface area contributed by atoms with Crippen LogP contribution in [0, 0.1) is 0 Å². The van der Waals surface area contributed by atoms with Gasteiger partial charge in [0, 0.05) is 6.61 Å². The van der Waals surface area contributed by atoms with E-state index < -0.39 is 5.97 Å². The Labute approximate surface area is 111 Å². The van der Waals surface area contributed by atoms with Crippen molar-refractivity contribution in [2.45, 2.75) is 19.8 Å². The molecule has 0 saturated heterocycles. The first-order valence-electron chi connectivity index (χ1n) is 5.81. The summed E-state index contributed by atoms with van der Waals surface area (Å²) in [6.07, 6.45) is 3.45. The number of nitrogens with zero attached hydrogens (tertiary/aromatic N) is 1. The Morgan fingerprint density at radius 2 is 2.22 bits per heavy atom. The fourth-order valence-electron chi connectivity index (χ4n) is 1.23. The van der Waals surface area contributed by atoms with Gasteiger partial charge in [0.25, 0.3) is 0 Å². The molecule has 5 nitrogen and oxygen atoms in total. The molecule has 1 aromatic heterocycles. The van der Waals surface area contributed by atoms with Crippen LogP contribution >= 0.6 is 11.6 Å². The Morgan fingerprint density at radius 3 is 2.94 bits per heavy atom. The van der Waals surface area contributed by atoms with Crippen LogP contribution in [0.4, 0.5) is 5.69 Å². The van der Waals surface area contributed by atoms with Crippen LogP contribution in [0.25, 0.3) is 0 Å². The summed E-state index contributed by atoms with van der Waals surface area (Å²) in [4.78, 5) is 15.4. The number of nitrogen functional groups attached to an aromatic ring is 1. The van der Waals surface area contributed by atoms with Crippen molar-refractivity contribution >= 4 is 23.3 Å². The molecule has 1 heterocycles. The molecule has 0 radical (unpaired) electrons. The van der Waals surface area contributed by atoms with Gasteiger partial charge >= 0.3 is 5.97 Å². The van der Waals surface area contributed by atoms with Crippen molar-refractivity contribution in [3.8, 4) is 0 Å². The smallest absolute Gasteiger partial charge is 0.341 e. The van der Waals surface area contributed by atoms with E-state index in [4.69, 9.17) is 26.8 Å². The van der Waals surface area contributed by atoms with E-state index in [0.29, 0.717) is 18.9 Å². The van der Waals surface area contributed by atoms with E-state index in [1.165, 1.54) is 12.3 Å². The highest BCUT2D eigenvalue weighted by Crippen LogP contribution is 2.16. The maximum Gasteiger partial charge on any atom is 0.341 e. The van der Waals surface area contributed by atoms with E-state index in [-0.39, 0.29) is 17.3 Å². The molecule has 0 fully saturated rings. The second kappa shape index (κ2) is 7.89. The summed E-state index contributed by atoms with van der Waals surface area (Å²) in [7, 11) is 0. The molecule has 0 atom stereocenters. The second-order valence-electron chi connectivity index (χ2n) is 3.71. The van der Waals surface area contributed by atoms with Crippen LogP contribution in [-0.2, 0) is 9.47 Å². The van der Waals surface area contributed by atoms with Crippen molar-refractivity contribution in [2.24, 2.45) is 0 Å². The topological polar surface area (TPSA) is 74.4 Å². The van der Waals surface area contributed by atoms with Gasteiger partial charge in [-0.1, -0.05) is 24.9 Å². The average Bonchev–Trinajstić information content (AvgIpc) is 2.36. The van der Waals surface area contributed by atoms with Crippen molar-refractivity contribution < 1.29 is 14.3 Å². The predicted octanol–water partition coefficient (Wildman–Crippen LogP) is 2.29. The number of hydrogen-bond donors (Lipinski definition) is 1. The Hall–Kier alpha value is -1.33. The first-order chi connectivity index (χ1) is 8.65. The number of unbranched alkanes of at least 4 members (excludes halogenated alkanes) is 1. The summed E-state index contributed by atoms with van der Waals surface area (Å²) in [5, 5.41) is 0.0844. The molecule has 0 aliphatic rings. The monoisotopic (exact) mass is 272 g/mol. The summed E-state index contributed by atoms with van der Waals surface area (Å²) in [6, 6.07) is 1.44. The van der Waals surface area contributed by atoms with Crippen molar-refractivity contribution in [1.29, 1.82) is 0 Å². The maximum atomic E-state index is 11.6. The lowest BCUT2D eigenvalue weighted by molar-refractivity contribution is 0.0313. The number of hydrogen-bond acceptors (Lipinski definition) is 5. The van der Waals surface area contributed by atoms with Gasteiger partial charge in [0.2, 0.25) is 0 Å². The second-order valence-corrected chi connectivity index (χ2v) is 4.07. The van der Waals surface area contributed by atoms with Crippen molar-refractivity contribution in [1.82, 2.24) is 4.98 Å². The molecule has 0 unspecified atom stereocenters. The van der Waals surface area contributed by atoms with Crippen molar-refractivity contribution in [3.05, 3.63) is 23.0 Å². The minimum atomic E-state index is -0.543. The number of rotatable bonds is 7. The van der Waals surface area contributed by atoms with Gasteiger partial charge in [0.05, 0.1) is 24.1 Å².